The van der Waals surface area contributed by atoms with Crippen LogP contribution in [0, 0.1) is 6.92 Å². The van der Waals surface area contributed by atoms with Crippen LogP contribution in [0.25, 0.3) is 5.78 Å². The molecule has 0 bridgehead atoms. The molecule has 152 valence electrons. The number of aryl methyl sites for hydroxylation is 1. The summed E-state index contributed by atoms with van der Waals surface area (Å²) in [4.78, 5) is 44.7. The molecule has 2 amide bonds. The molecular weight excluding hydrogens is 422 g/mol. The summed E-state index contributed by atoms with van der Waals surface area (Å²) < 4.78 is 1.32. The Balaban J connectivity index is 1.69. The number of nitrogens with two attached hydrogens (primary N) is 1. The van der Waals surface area contributed by atoms with E-state index >= 15 is 0 Å². The van der Waals surface area contributed by atoms with E-state index in [0.29, 0.717) is 16.3 Å². The van der Waals surface area contributed by atoms with Crippen molar-refractivity contribution in [3.05, 3.63) is 28.9 Å². The first kappa shape index (κ1) is 19.6. The summed E-state index contributed by atoms with van der Waals surface area (Å²) in [5.74, 6) is -2.25. The van der Waals surface area contributed by atoms with Gasteiger partial charge in [0.05, 0.1) is 17.2 Å². The first-order chi connectivity index (χ1) is 13.8. The Morgan fingerprint density at radius 3 is 2.86 bits per heavy atom. The zero-order valence-corrected chi connectivity index (χ0v) is 16.5. The van der Waals surface area contributed by atoms with Crippen molar-refractivity contribution < 1.29 is 24.7 Å². The zero-order chi connectivity index (χ0) is 20.9. The van der Waals surface area contributed by atoms with Crippen molar-refractivity contribution in [3.63, 3.8) is 0 Å². The number of carboxylic acid groups (broad SMARTS) is 1. The van der Waals surface area contributed by atoms with Gasteiger partial charge >= 0.3 is 11.9 Å². The highest BCUT2D eigenvalue weighted by atomic mass is 32.2. The third-order valence-electron chi connectivity index (χ3n) is 4.39. The van der Waals surface area contributed by atoms with Crippen molar-refractivity contribution in [2.75, 3.05) is 5.75 Å². The van der Waals surface area contributed by atoms with E-state index in [2.05, 4.69) is 15.1 Å². The Morgan fingerprint density at radius 2 is 2.21 bits per heavy atom. The topological polar surface area (TPSA) is 176 Å². The van der Waals surface area contributed by atoms with Crippen LogP contribution in [0.4, 0.5) is 0 Å². The highest BCUT2D eigenvalue weighted by Crippen LogP contribution is 2.43. The monoisotopic (exact) mass is 437 g/mol. The molecule has 2 aliphatic rings. The van der Waals surface area contributed by atoms with Crippen LogP contribution in [-0.2, 0) is 9.59 Å². The van der Waals surface area contributed by atoms with Crippen molar-refractivity contribution in [1.82, 2.24) is 30.0 Å². The van der Waals surface area contributed by atoms with E-state index in [1.165, 1.54) is 38.4 Å². The molecule has 0 aliphatic carbocycles. The second-order valence-electron chi connectivity index (χ2n) is 6.27. The number of hydrogen-bond donors (Lipinski definition) is 4. The van der Waals surface area contributed by atoms with Gasteiger partial charge in [-0.15, -0.1) is 28.6 Å². The smallest absolute Gasteiger partial charge is 0.352 e. The Hall–Kier alpha value is -2.68. The van der Waals surface area contributed by atoms with E-state index in [4.69, 9.17) is 10.9 Å². The van der Waals surface area contributed by atoms with Gasteiger partial charge in [0, 0.05) is 11.4 Å². The molecule has 0 spiro atoms. The maximum absolute atomic E-state index is 11.9. The molecule has 0 saturated carbocycles. The fourth-order valence-corrected chi connectivity index (χ4v) is 5.56. The molecule has 4 rings (SSSR count). The Labute approximate surface area is 171 Å². The number of hydroxylamine groups is 1. The first-order valence-corrected chi connectivity index (χ1v) is 10.2. The van der Waals surface area contributed by atoms with Gasteiger partial charge in [0.2, 0.25) is 11.7 Å². The molecule has 1 fully saturated rings. The summed E-state index contributed by atoms with van der Waals surface area (Å²) in [5.41, 5.74) is 8.59. The SMILES string of the molecule is Cc1cc(SCC2=C(C(=O)O)N3C(=O)CC3SC2N)n2nc(C(=O)NO)nc2n1. The lowest BCUT2D eigenvalue weighted by molar-refractivity contribution is -0.146. The van der Waals surface area contributed by atoms with E-state index in [-0.39, 0.29) is 40.8 Å². The number of thioether (sulfide) groups is 2. The highest BCUT2D eigenvalue weighted by Gasteiger charge is 2.47. The standard InChI is InChI=1S/C15H15N7O5S2/c1-5-2-9(22-15(17-5)18-12(19-22)13(24)20-27)28-4-6-10(14(25)26)21-7(23)3-8(21)29-11(6)16/h2,8,11,27H,3-4,16H2,1H3,(H,20,24)(H,25,26). The number of nitrogens with zero attached hydrogens (tertiary/aromatic N) is 5. The number of aromatic nitrogens is 4. The molecule has 2 aromatic rings. The van der Waals surface area contributed by atoms with E-state index < -0.39 is 17.3 Å². The number of β-lactam (4-membered cyclic amide) rings is 1. The average Bonchev–Trinajstić information content (AvgIpc) is 3.09. The summed E-state index contributed by atoms with van der Waals surface area (Å²) in [6.07, 6.45) is 0.272. The summed E-state index contributed by atoms with van der Waals surface area (Å²) in [6, 6.07) is 1.70. The average molecular weight is 437 g/mol. The molecule has 1 saturated heterocycles. The largest absolute Gasteiger partial charge is 0.477 e. The first-order valence-electron chi connectivity index (χ1n) is 8.31. The maximum Gasteiger partial charge on any atom is 0.352 e. The second-order valence-corrected chi connectivity index (χ2v) is 8.59. The number of fused-ring (bicyclic) bond motifs is 2. The number of nitrogens with one attached hydrogen (secondary N) is 1. The fraction of sp³-hybridized carbons (Fsp3) is 0.333. The van der Waals surface area contributed by atoms with Crippen molar-refractivity contribution in [2.45, 2.75) is 29.1 Å². The van der Waals surface area contributed by atoms with Crippen LogP contribution in [0.15, 0.2) is 22.4 Å². The van der Waals surface area contributed by atoms with E-state index in [1.54, 1.807) is 13.0 Å². The normalized spacial score (nSPS) is 21.2. The van der Waals surface area contributed by atoms with E-state index in [1.807, 2.05) is 0 Å². The predicted molar refractivity (Wildman–Crippen MR) is 101 cm³/mol. The third-order valence-corrected chi connectivity index (χ3v) is 6.70. The van der Waals surface area contributed by atoms with Crippen LogP contribution >= 0.6 is 23.5 Å². The number of carboxylic acids is 1. The van der Waals surface area contributed by atoms with Gasteiger partial charge in [0.1, 0.15) is 10.7 Å². The molecule has 12 nitrogen and oxygen atoms in total. The summed E-state index contributed by atoms with van der Waals surface area (Å²) in [6.45, 7) is 1.73. The van der Waals surface area contributed by atoms with Gasteiger partial charge in [-0.05, 0) is 18.6 Å². The quantitative estimate of drug-likeness (QED) is 0.157. The molecule has 4 heterocycles. The van der Waals surface area contributed by atoms with Crippen LogP contribution < -0.4 is 11.2 Å². The number of hydrogen-bond acceptors (Lipinski definition) is 10. The van der Waals surface area contributed by atoms with Gasteiger partial charge in [-0.2, -0.15) is 9.50 Å². The van der Waals surface area contributed by atoms with Gasteiger partial charge in [-0.3, -0.25) is 19.7 Å². The molecule has 2 unspecified atom stereocenters. The Bertz CT molecular complexity index is 1080. The molecule has 0 radical (unpaired) electrons. The Kier molecular flexibility index (Phi) is 4.94. The van der Waals surface area contributed by atoms with Crippen LogP contribution in [0.5, 0.6) is 0 Å². The number of carbonyl (C=O) groups excluding carboxylic acids is 2. The van der Waals surface area contributed by atoms with Gasteiger partial charge in [-0.25, -0.2) is 15.3 Å². The molecule has 2 atom stereocenters. The molecule has 14 heteroatoms. The van der Waals surface area contributed by atoms with E-state index in [0.717, 1.165) is 0 Å². The van der Waals surface area contributed by atoms with Crippen LogP contribution in [0.1, 0.15) is 22.7 Å². The summed E-state index contributed by atoms with van der Waals surface area (Å²) in [5, 5.41) is 22.2. The van der Waals surface area contributed by atoms with Crippen LogP contribution in [0.3, 0.4) is 0 Å². The maximum atomic E-state index is 11.9. The lowest BCUT2D eigenvalue weighted by Crippen LogP contribution is -2.56. The minimum absolute atomic E-state index is 0.0778. The van der Waals surface area contributed by atoms with Gasteiger partial charge < -0.3 is 10.8 Å². The van der Waals surface area contributed by atoms with Gasteiger partial charge in [-0.1, -0.05) is 0 Å². The summed E-state index contributed by atoms with van der Waals surface area (Å²) >= 11 is 2.57. The van der Waals surface area contributed by atoms with Crippen molar-refractivity contribution >= 4 is 47.1 Å². The molecule has 5 N–H and O–H groups in total. The fourth-order valence-electron chi connectivity index (χ4n) is 3.05. The number of aliphatic carboxylic acids is 1. The third kappa shape index (κ3) is 3.33. The van der Waals surface area contributed by atoms with Gasteiger partial charge in [0.15, 0.2) is 0 Å². The lowest BCUT2D eigenvalue weighted by atomic mass is 10.1. The zero-order valence-electron chi connectivity index (χ0n) is 14.9. The molecule has 29 heavy (non-hydrogen) atoms. The molecule has 2 aromatic heterocycles. The van der Waals surface area contributed by atoms with E-state index in [9.17, 15) is 19.5 Å². The van der Waals surface area contributed by atoms with Crippen molar-refractivity contribution in [2.24, 2.45) is 5.73 Å². The van der Waals surface area contributed by atoms with Crippen LogP contribution in [-0.4, -0.2) is 69.1 Å². The minimum atomic E-state index is -1.20. The van der Waals surface area contributed by atoms with Crippen molar-refractivity contribution in [3.8, 4) is 0 Å². The minimum Gasteiger partial charge on any atom is -0.477 e. The number of carbonyl (C=O) groups is 3. The predicted octanol–water partition coefficient (Wildman–Crippen LogP) is -0.427. The second kappa shape index (κ2) is 7.29. The molecular formula is C15H15N7O5S2. The molecule has 2 aliphatic heterocycles. The lowest BCUT2D eigenvalue weighted by Gasteiger charge is -2.45. The number of amides is 2. The van der Waals surface area contributed by atoms with Crippen LogP contribution in [0.2, 0.25) is 0 Å². The Morgan fingerprint density at radius 1 is 1.45 bits per heavy atom. The highest BCUT2D eigenvalue weighted by molar-refractivity contribution is 8.01. The van der Waals surface area contributed by atoms with Gasteiger partial charge in [0.25, 0.3) is 5.78 Å². The molecule has 0 aromatic carbocycles. The summed E-state index contributed by atoms with van der Waals surface area (Å²) in [7, 11) is 0. The number of rotatable bonds is 5. The van der Waals surface area contributed by atoms with Crippen molar-refractivity contribution in [1.29, 1.82) is 0 Å².